The van der Waals surface area contributed by atoms with Crippen LogP contribution in [0.2, 0.25) is 0 Å². The van der Waals surface area contributed by atoms with E-state index in [1.54, 1.807) is 0 Å². The topological polar surface area (TPSA) is 24.5 Å². The van der Waals surface area contributed by atoms with Gasteiger partial charge in [0.2, 0.25) is 0 Å². The molecule has 0 amide bonds. The van der Waals surface area contributed by atoms with Gasteiger partial charge in [0.25, 0.3) is 0 Å². The van der Waals surface area contributed by atoms with Crippen molar-refractivity contribution in [1.82, 2.24) is 10.2 Å². The number of likely N-dealkylation sites (N-methyl/N-ethyl adjacent to an activating group) is 1. The van der Waals surface area contributed by atoms with Gasteiger partial charge in [-0.2, -0.15) is 0 Å². The van der Waals surface area contributed by atoms with Crippen molar-refractivity contribution in [3.8, 4) is 0 Å². The number of hydrogen-bond acceptors (Lipinski definition) is 3. The van der Waals surface area contributed by atoms with Gasteiger partial charge in [-0.1, -0.05) is 20.8 Å². The summed E-state index contributed by atoms with van der Waals surface area (Å²) in [7, 11) is 0. The summed E-state index contributed by atoms with van der Waals surface area (Å²) in [5, 5.41) is 3.75. The van der Waals surface area contributed by atoms with Gasteiger partial charge in [0, 0.05) is 31.8 Å². The highest BCUT2D eigenvalue weighted by Crippen LogP contribution is 2.40. The van der Waals surface area contributed by atoms with E-state index in [2.05, 4.69) is 37.9 Å². The van der Waals surface area contributed by atoms with Crippen LogP contribution in [0.25, 0.3) is 0 Å². The third-order valence-electron chi connectivity index (χ3n) is 5.08. The largest absolute Gasteiger partial charge is 0.378 e. The van der Waals surface area contributed by atoms with Gasteiger partial charge in [-0.3, -0.25) is 4.90 Å². The molecule has 0 aromatic carbocycles. The van der Waals surface area contributed by atoms with Crippen LogP contribution in [0.3, 0.4) is 0 Å². The summed E-state index contributed by atoms with van der Waals surface area (Å²) in [6.45, 7) is 13.6. The molecule has 1 aliphatic heterocycles. The van der Waals surface area contributed by atoms with E-state index < -0.39 is 0 Å². The number of piperidine rings is 1. The van der Waals surface area contributed by atoms with Crippen molar-refractivity contribution in [3.05, 3.63) is 0 Å². The SMILES string of the molecule is CCNC1C(N2CCC(OCC)CC2)CCC1(C)C. The van der Waals surface area contributed by atoms with E-state index >= 15 is 0 Å². The first-order chi connectivity index (χ1) is 9.08. The van der Waals surface area contributed by atoms with Gasteiger partial charge in [-0.25, -0.2) is 0 Å². The first kappa shape index (κ1) is 15.3. The van der Waals surface area contributed by atoms with E-state index in [1.165, 1.54) is 38.8 Å². The molecule has 0 spiro atoms. The maximum Gasteiger partial charge on any atom is 0.0599 e. The van der Waals surface area contributed by atoms with Crippen LogP contribution in [-0.4, -0.2) is 49.3 Å². The molecule has 1 saturated heterocycles. The zero-order chi connectivity index (χ0) is 13.9. The zero-order valence-corrected chi connectivity index (χ0v) is 13.2. The molecule has 0 radical (unpaired) electrons. The Morgan fingerprint density at radius 1 is 1.16 bits per heavy atom. The fourth-order valence-electron chi connectivity index (χ4n) is 4.00. The highest BCUT2D eigenvalue weighted by Gasteiger charge is 2.44. The number of nitrogens with zero attached hydrogens (tertiary/aromatic N) is 1. The molecular weight excluding hydrogens is 236 g/mol. The smallest absolute Gasteiger partial charge is 0.0599 e. The molecule has 112 valence electrons. The first-order valence-electron chi connectivity index (χ1n) is 8.17. The molecule has 1 aliphatic carbocycles. The van der Waals surface area contributed by atoms with Crippen LogP contribution in [-0.2, 0) is 4.74 Å². The Hall–Kier alpha value is -0.120. The molecule has 1 heterocycles. The summed E-state index contributed by atoms with van der Waals surface area (Å²) in [5.41, 5.74) is 0.442. The van der Waals surface area contributed by atoms with Crippen LogP contribution >= 0.6 is 0 Å². The van der Waals surface area contributed by atoms with E-state index in [9.17, 15) is 0 Å². The number of ether oxygens (including phenoxy) is 1. The van der Waals surface area contributed by atoms with E-state index in [0.717, 1.165) is 19.2 Å². The normalized spacial score (nSPS) is 32.8. The molecule has 19 heavy (non-hydrogen) atoms. The van der Waals surface area contributed by atoms with Crippen LogP contribution in [0.1, 0.15) is 53.4 Å². The highest BCUT2D eigenvalue weighted by molar-refractivity contribution is 5.01. The standard InChI is InChI=1S/C16H32N2O/c1-5-17-15-14(7-10-16(15,3)4)18-11-8-13(9-12-18)19-6-2/h13-15,17H,5-12H2,1-4H3. The fraction of sp³-hybridized carbons (Fsp3) is 1.00. The monoisotopic (exact) mass is 268 g/mol. The second-order valence-corrected chi connectivity index (χ2v) is 6.82. The molecule has 0 aromatic heterocycles. The van der Waals surface area contributed by atoms with Crippen molar-refractivity contribution in [2.45, 2.75) is 71.6 Å². The van der Waals surface area contributed by atoms with Crippen LogP contribution < -0.4 is 5.32 Å². The molecule has 2 aliphatic rings. The molecule has 2 atom stereocenters. The van der Waals surface area contributed by atoms with Gasteiger partial charge >= 0.3 is 0 Å². The second kappa shape index (κ2) is 6.55. The van der Waals surface area contributed by atoms with Crippen molar-refractivity contribution in [3.63, 3.8) is 0 Å². The molecule has 2 unspecified atom stereocenters. The van der Waals surface area contributed by atoms with Gasteiger partial charge in [0.15, 0.2) is 0 Å². The molecule has 0 aromatic rings. The Morgan fingerprint density at radius 2 is 1.84 bits per heavy atom. The molecule has 1 saturated carbocycles. The van der Waals surface area contributed by atoms with Gasteiger partial charge in [0.1, 0.15) is 0 Å². The summed E-state index contributed by atoms with van der Waals surface area (Å²) in [6, 6.07) is 1.39. The van der Waals surface area contributed by atoms with E-state index in [1.807, 2.05) is 0 Å². The molecule has 1 N–H and O–H groups in total. The van der Waals surface area contributed by atoms with Crippen molar-refractivity contribution in [2.75, 3.05) is 26.2 Å². The molecule has 2 fully saturated rings. The fourth-order valence-corrected chi connectivity index (χ4v) is 4.00. The lowest BCUT2D eigenvalue weighted by atomic mass is 9.86. The minimum Gasteiger partial charge on any atom is -0.378 e. The van der Waals surface area contributed by atoms with Gasteiger partial charge in [0.05, 0.1) is 6.10 Å². The van der Waals surface area contributed by atoms with Crippen LogP contribution in [0.15, 0.2) is 0 Å². The first-order valence-corrected chi connectivity index (χ1v) is 8.17. The van der Waals surface area contributed by atoms with E-state index in [-0.39, 0.29) is 0 Å². The van der Waals surface area contributed by atoms with Crippen LogP contribution in [0.4, 0.5) is 0 Å². The quantitative estimate of drug-likeness (QED) is 0.829. The molecule has 2 rings (SSSR count). The average molecular weight is 268 g/mol. The van der Waals surface area contributed by atoms with Crippen LogP contribution in [0.5, 0.6) is 0 Å². The molecular formula is C16H32N2O. The summed E-state index contributed by atoms with van der Waals surface area (Å²) in [6.07, 6.45) is 5.63. The summed E-state index contributed by atoms with van der Waals surface area (Å²) < 4.78 is 5.77. The lowest BCUT2D eigenvalue weighted by Crippen LogP contribution is -2.54. The minimum atomic E-state index is 0.442. The number of nitrogens with one attached hydrogen (secondary N) is 1. The predicted octanol–water partition coefficient (Wildman–Crippen LogP) is 2.65. The minimum absolute atomic E-state index is 0.442. The molecule has 0 bridgehead atoms. The van der Waals surface area contributed by atoms with Crippen molar-refractivity contribution >= 4 is 0 Å². The average Bonchev–Trinajstić information content (AvgIpc) is 2.68. The predicted molar refractivity (Wildman–Crippen MR) is 80.5 cm³/mol. The third-order valence-corrected chi connectivity index (χ3v) is 5.08. The van der Waals surface area contributed by atoms with Crippen molar-refractivity contribution in [2.24, 2.45) is 5.41 Å². The van der Waals surface area contributed by atoms with Crippen molar-refractivity contribution in [1.29, 1.82) is 0 Å². The van der Waals surface area contributed by atoms with E-state index in [4.69, 9.17) is 4.74 Å². The van der Waals surface area contributed by atoms with E-state index in [0.29, 0.717) is 17.6 Å². The Balaban J connectivity index is 1.91. The Labute approximate surface area is 119 Å². The second-order valence-electron chi connectivity index (χ2n) is 6.82. The maximum atomic E-state index is 5.77. The maximum absolute atomic E-state index is 5.77. The summed E-state index contributed by atoms with van der Waals surface area (Å²) in [5.74, 6) is 0. The Kier molecular flexibility index (Phi) is 5.27. The Bertz CT molecular complexity index is 272. The zero-order valence-electron chi connectivity index (χ0n) is 13.2. The van der Waals surface area contributed by atoms with Gasteiger partial charge < -0.3 is 10.1 Å². The highest BCUT2D eigenvalue weighted by atomic mass is 16.5. The van der Waals surface area contributed by atoms with Gasteiger partial charge in [-0.15, -0.1) is 0 Å². The Morgan fingerprint density at radius 3 is 2.42 bits per heavy atom. The number of hydrogen-bond donors (Lipinski definition) is 1. The molecule has 3 heteroatoms. The molecule has 3 nitrogen and oxygen atoms in total. The van der Waals surface area contributed by atoms with Crippen LogP contribution in [0, 0.1) is 5.41 Å². The summed E-state index contributed by atoms with van der Waals surface area (Å²) in [4.78, 5) is 2.72. The van der Waals surface area contributed by atoms with Crippen molar-refractivity contribution < 1.29 is 4.74 Å². The third kappa shape index (κ3) is 3.50. The summed E-state index contributed by atoms with van der Waals surface area (Å²) >= 11 is 0. The number of rotatable bonds is 5. The number of likely N-dealkylation sites (tertiary alicyclic amines) is 1. The van der Waals surface area contributed by atoms with Gasteiger partial charge in [-0.05, 0) is 44.6 Å². The lowest BCUT2D eigenvalue weighted by Gasteiger charge is -2.41. The lowest BCUT2D eigenvalue weighted by molar-refractivity contribution is -0.000418.